The van der Waals surface area contributed by atoms with Crippen molar-refractivity contribution in [2.24, 2.45) is 4.99 Å². The highest BCUT2D eigenvalue weighted by Crippen LogP contribution is 2.20. The minimum Gasteiger partial charge on any atom is -0.322 e. The number of hydrogen-bond acceptors (Lipinski definition) is 3. The summed E-state index contributed by atoms with van der Waals surface area (Å²) in [5, 5.41) is 3.06. The predicted molar refractivity (Wildman–Crippen MR) is 73.6 cm³/mol. The van der Waals surface area contributed by atoms with E-state index in [2.05, 4.69) is 10.3 Å². The molecule has 0 saturated heterocycles. The second-order valence-corrected chi connectivity index (χ2v) is 4.09. The Morgan fingerprint density at radius 1 is 1.16 bits per heavy atom. The van der Waals surface area contributed by atoms with E-state index in [9.17, 15) is 9.59 Å². The minimum absolute atomic E-state index is 0.321. The zero-order valence-corrected chi connectivity index (χ0v) is 10.5. The Kier molecular flexibility index (Phi) is 4.08. The Balaban J connectivity index is 2.22. The average Bonchev–Trinajstić information content (AvgIpc) is 2.40. The van der Waals surface area contributed by atoms with E-state index in [1.807, 2.05) is 0 Å². The van der Waals surface area contributed by atoms with Gasteiger partial charge in [-0.15, -0.1) is 0 Å². The molecule has 0 saturated carbocycles. The molecule has 1 amide bonds. The van der Waals surface area contributed by atoms with Crippen molar-refractivity contribution >= 4 is 35.0 Å². The van der Waals surface area contributed by atoms with Crippen LogP contribution in [0.15, 0.2) is 53.5 Å². The maximum atomic E-state index is 12.0. The van der Waals surface area contributed by atoms with Crippen LogP contribution in [0, 0.1) is 0 Å². The maximum absolute atomic E-state index is 12.0. The van der Waals surface area contributed by atoms with Crippen LogP contribution in [-0.4, -0.2) is 12.0 Å². The number of anilines is 1. The van der Waals surface area contributed by atoms with Gasteiger partial charge in [0.05, 0.1) is 16.3 Å². The summed E-state index contributed by atoms with van der Waals surface area (Å²) in [6.45, 7) is 0. The highest BCUT2D eigenvalue weighted by atomic mass is 35.5. The van der Waals surface area contributed by atoms with Gasteiger partial charge in [0.25, 0.3) is 5.91 Å². The standard InChI is InChI=1S/C14H9ClN2O2/c15-13-7-2-1-6-12(13)14(19)17-11-5-3-4-10(8-11)16-9-18/h1-8H,(H,17,19). The van der Waals surface area contributed by atoms with Gasteiger partial charge in [0.1, 0.15) is 0 Å². The first-order chi connectivity index (χ1) is 9.20. The molecule has 94 valence electrons. The lowest BCUT2D eigenvalue weighted by Gasteiger charge is -2.06. The van der Waals surface area contributed by atoms with E-state index in [-0.39, 0.29) is 5.91 Å². The monoisotopic (exact) mass is 272 g/mol. The summed E-state index contributed by atoms with van der Waals surface area (Å²) in [7, 11) is 0. The van der Waals surface area contributed by atoms with Gasteiger partial charge >= 0.3 is 0 Å². The molecule has 0 atom stereocenters. The van der Waals surface area contributed by atoms with E-state index in [0.717, 1.165) is 0 Å². The first kappa shape index (κ1) is 13.0. The van der Waals surface area contributed by atoms with Gasteiger partial charge in [-0.25, -0.2) is 4.79 Å². The molecule has 0 spiro atoms. The van der Waals surface area contributed by atoms with Gasteiger partial charge < -0.3 is 5.32 Å². The van der Waals surface area contributed by atoms with Gasteiger partial charge in [0.15, 0.2) is 0 Å². The first-order valence-electron chi connectivity index (χ1n) is 5.44. The number of amides is 1. The lowest BCUT2D eigenvalue weighted by molar-refractivity contribution is 0.102. The predicted octanol–water partition coefficient (Wildman–Crippen LogP) is 3.56. The fraction of sp³-hybridized carbons (Fsp3) is 0. The Morgan fingerprint density at radius 3 is 2.68 bits per heavy atom. The highest BCUT2D eigenvalue weighted by molar-refractivity contribution is 6.34. The van der Waals surface area contributed by atoms with Crippen LogP contribution in [0.2, 0.25) is 5.02 Å². The van der Waals surface area contributed by atoms with E-state index in [0.29, 0.717) is 22.0 Å². The van der Waals surface area contributed by atoms with E-state index in [1.54, 1.807) is 48.5 Å². The van der Waals surface area contributed by atoms with Crippen LogP contribution in [0.3, 0.4) is 0 Å². The molecule has 1 N–H and O–H groups in total. The second kappa shape index (κ2) is 5.96. The quantitative estimate of drug-likeness (QED) is 0.686. The summed E-state index contributed by atoms with van der Waals surface area (Å²) in [5.41, 5.74) is 1.34. The molecule has 0 aromatic heterocycles. The molecule has 0 fully saturated rings. The average molecular weight is 273 g/mol. The number of nitrogens with one attached hydrogen (secondary N) is 1. The number of isocyanates is 1. The fourth-order valence-electron chi connectivity index (χ4n) is 1.55. The van der Waals surface area contributed by atoms with Gasteiger partial charge in [-0.3, -0.25) is 4.79 Å². The molecule has 0 aliphatic heterocycles. The highest BCUT2D eigenvalue weighted by Gasteiger charge is 2.09. The molecule has 2 aromatic rings. The van der Waals surface area contributed by atoms with Crippen LogP contribution >= 0.6 is 11.6 Å². The molecule has 5 heteroatoms. The van der Waals surface area contributed by atoms with E-state index in [1.165, 1.54) is 6.08 Å². The number of carbonyl (C=O) groups excluding carboxylic acids is 2. The largest absolute Gasteiger partial charge is 0.322 e. The fourth-order valence-corrected chi connectivity index (χ4v) is 1.77. The van der Waals surface area contributed by atoms with E-state index < -0.39 is 0 Å². The third-order valence-corrected chi connectivity index (χ3v) is 2.73. The summed E-state index contributed by atoms with van der Waals surface area (Å²) >= 11 is 5.94. The Morgan fingerprint density at radius 2 is 1.95 bits per heavy atom. The molecule has 2 aromatic carbocycles. The SMILES string of the molecule is O=C=Nc1cccc(NC(=O)c2ccccc2Cl)c1. The third-order valence-electron chi connectivity index (χ3n) is 2.40. The second-order valence-electron chi connectivity index (χ2n) is 3.69. The summed E-state index contributed by atoms with van der Waals surface area (Å²) in [4.78, 5) is 25.7. The van der Waals surface area contributed by atoms with Crippen molar-refractivity contribution in [1.82, 2.24) is 0 Å². The van der Waals surface area contributed by atoms with Crippen LogP contribution < -0.4 is 5.32 Å². The molecule has 0 aliphatic carbocycles. The van der Waals surface area contributed by atoms with Crippen molar-refractivity contribution < 1.29 is 9.59 Å². The zero-order chi connectivity index (χ0) is 13.7. The topological polar surface area (TPSA) is 58.5 Å². The molecule has 2 rings (SSSR count). The molecular formula is C14H9ClN2O2. The first-order valence-corrected chi connectivity index (χ1v) is 5.82. The van der Waals surface area contributed by atoms with Gasteiger partial charge in [0.2, 0.25) is 6.08 Å². The van der Waals surface area contributed by atoms with Gasteiger partial charge in [-0.1, -0.05) is 29.8 Å². The number of rotatable bonds is 3. The van der Waals surface area contributed by atoms with Crippen LogP contribution in [-0.2, 0) is 4.79 Å². The summed E-state index contributed by atoms with van der Waals surface area (Å²) in [5.74, 6) is -0.321. The number of aliphatic imine (C=N–C) groups is 1. The van der Waals surface area contributed by atoms with E-state index >= 15 is 0 Å². The lowest BCUT2D eigenvalue weighted by Crippen LogP contribution is -2.12. The Labute approximate surface area is 114 Å². The molecule has 0 bridgehead atoms. The zero-order valence-electron chi connectivity index (χ0n) is 9.76. The summed E-state index contributed by atoms with van der Waals surface area (Å²) < 4.78 is 0. The van der Waals surface area contributed by atoms with Crippen molar-refractivity contribution in [1.29, 1.82) is 0 Å². The minimum atomic E-state index is -0.321. The van der Waals surface area contributed by atoms with Crippen LogP contribution in [0.5, 0.6) is 0 Å². The number of halogens is 1. The lowest BCUT2D eigenvalue weighted by atomic mass is 10.2. The summed E-state index contributed by atoms with van der Waals surface area (Å²) in [6, 6.07) is 13.3. The Bertz CT molecular complexity index is 664. The van der Waals surface area contributed by atoms with Crippen LogP contribution in [0.1, 0.15) is 10.4 Å². The van der Waals surface area contributed by atoms with Gasteiger partial charge in [0, 0.05) is 5.69 Å². The van der Waals surface area contributed by atoms with Crippen molar-refractivity contribution in [2.75, 3.05) is 5.32 Å². The number of nitrogens with zero attached hydrogens (tertiary/aromatic N) is 1. The number of benzene rings is 2. The van der Waals surface area contributed by atoms with Crippen LogP contribution in [0.25, 0.3) is 0 Å². The molecule has 0 heterocycles. The number of hydrogen-bond donors (Lipinski definition) is 1. The van der Waals surface area contributed by atoms with E-state index in [4.69, 9.17) is 11.6 Å². The Hall–Kier alpha value is -2.42. The van der Waals surface area contributed by atoms with Crippen molar-refractivity contribution in [3.8, 4) is 0 Å². The van der Waals surface area contributed by atoms with Crippen molar-refractivity contribution in [3.05, 3.63) is 59.1 Å². The molecular weight excluding hydrogens is 264 g/mol. The summed E-state index contributed by atoms with van der Waals surface area (Å²) in [6.07, 6.45) is 1.45. The molecule has 0 radical (unpaired) electrons. The van der Waals surface area contributed by atoms with Gasteiger partial charge in [-0.2, -0.15) is 4.99 Å². The van der Waals surface area contributed by atoms with Gasteiger partial charge in [-0.05, 0) is 30.3 Å². The third kappa shape index (κ3) is 3.28. The van der Waals surface area contributed by atoms with Crippen LogP contribution in [0.4, 0.5) is 11.4 Å². The van der Waals surface area contributed by atoms with Crippen molar-refractivity contribution in [3.63, 3.8) is 0 Å². The van der Waals surface area contributed by atoms with Crippen molar-refractivity contribution in [2.45, 2.75) is 0 Å². The smallest absolute Gasteiger partial charge is 0.257 e. The maximum Gasteiger partial charge on any atom is 0.257 e. The molecule has 0 aliphatic rings. The molecule has 19 heavy (non-hydrogen) atoms. The molecule has 0 unspecified atom stereocenters. The normalized spacial score (nSPS) is 9.53. The number of carbonyl (C=O) groups is 1. The molecule has 4 nitrogen and oxygen atoms in total.